The average molecular weight is 270 g/mol. The van der Waals surface area contributed by atoms with E-state index in [1.165, 1.54) is 6.08 Å². The molecule has 0 aromatic heterocycles. The van der Waals surface area contributed by atoms with Crippen molar-refractivity contribution < 1.29 is 9.47 Å². The smallest absolute Gasteiger partial charge is 0.161 e. The number of unbranched alkanes of at least 4 members (excludes halogenated alkanes) is 2. The van der Waals surface area contributed by atoms with E-state index in [0.717, 1.165) is 24.8 Å². The van der Waals surface area contributed by atoms with E-state index in [0.29, 0.717) is 18.1 Å². The highest BCUT2D eigenvalue weighted by Crippen LogP contribution is 2.29. The Balaban J connectivity index is 2.84. The molecule has 0 aliphatic rings. The molecule has 0 amide bonds. The van der Waals surface area contributed by atoms with Crippen molar-refractivity contribution in [3.8, 4) is 23.6 Å². The third-order valence-corrected chi connectivity index (χ3v) is 2.75. The fourth-order valence-electron chi connectivity index (χ4n) is 1.68. The van der Waals surface area contributed by atoms with Crippen LogP contribution >= 0.6 is 0 Å². The Hall–Kier alpha value is -2.46. The maximum absolute atomic E-state index is 8.74. The first-order valence-electron chi connectivity index (χ1n) is 6.57. The van der Waals surface area contributed by atoms with Crippen molar-refractivity contribution in [1.29, 1.82) is 10.5 Å². The maximum Gasteiger partial charge on any atom is 0.161 e. The molecule has 104 valence electrons. The molecule has 0 aliphatic heterocycles. The molecule has 0 heterocycles. The molecule has 20 heavy (non-hydrogen) atoms. The Bertz CT molecular complexity index is 535. The van der Waals surface area contributed by atoms with Gasteiger partial charge < -0.3 is 9.47 Å². The summed E-state index contributed by atoms with van der Waals surface area (Å²) in [6.45, 7) is 2.80. The molecule has 0 saturated carbocycles. The van der Waals surface area contributed by atoms with Gasteiger partial charge >= 0.3 is 0 Å². The van der Waals surface area contributed by atoms with Gasteiger partial charge in [0.05, 0.1) is 13.7 Å². The Morgan fingerprint density at radius 3 is 2.55 bits per heavy atom. The van der Waals surface area contributed by atoms with Crippen LogP contribution < -0.4 is 9.47 Å². The summed E-state index contributed by atoms with van der Waals surface area (Å²) in [5.74, 6) is 1.28. The van der Waals surface area contributed by atoms with Crippen LogP contribution in [0.15, 0.2) is 23.8 Å². The van der Waals surface area contributed by atoms with Gasteiger partial charge in [-0.05, 0) is 30.2 Å². The zero-order valence-corrected chi connectivity index (χ0v) is 11.8. The highest BCUT2D eigenvalue weighted by atomic mass is 16.5. The lowest BCUT2D eigenvalue weighted by atomic mass is 10.1. The van der Waals surface area contributed by atoms with Gasteiger partial charge in [-0.2, -0.15) is 10.5 Å². The van der Waals surface area contributed by atoms with Gasteiger partial charge in [-0.15, -0.1) is 0 Å². The van der Waals surface area contributed by atoms with E-state index in [4.69, 9.17) is 20.0 Å². The second kappa shape index (κ2) is 8.61. The number of nitriles is 2. The number of benzene rings is 1. The fourth-order valence-corrected chi connectivity index (χ4v) is 1.68. The molecule has 0 bridgehead atoms. The molecule has 1 rings (SSSR count). The van der Waals surface area contributed by atoms with Crippen molar-refractivity contribution in [3.63, 3.8) is 0 Å². The van der Waals surface area contributed by atoms with Gasteiger partial charge in [-0.25, -0.2) is 0 Å². The standard InChI is InChI=1S/C16H18N2O2/c1-3-4-5-8-20-15-7-6-13(10-16(15)19-2)9-14(11-17)12-18/h6-7,9-10H,3-5,8H2,1-2H3. The highest BCUT2D eigenvalue weighted by Gasteiger charge is 2.05. The van der Waals surface area contributed by atoms with Crippen molar-refractivity contribution in [3.05, 3.63) is 29.3 Å². The Kier molecular flexibility index (Phi) is 6.71. The van der Waals surface area contributed by atoms with Gasteiger partial charge in [0.1, 0.15) is 17.7 Å². The minimum Gasteiger partial charge on any atom is -0.493 e. The number of ether oxygens (including phenoxy) is 2. The first-order valence-corrected chi connectivity index (χ1v) is 6.57. The minimum absolute atomic E-state index is 0.0590. The summed E-state index contributed by atoms with van der Waals surface area (Å²) in [6, 6.07) is 9.00. The fraction of sp³-hybridized carbons (Fsp3) is 0.375. The minimum atomic E-state index is 0.0590. The van der Waals surface area contributed by atoms with E-state index in [2.05, 4.69) is 6.92 Å². The van der Waals surface area contributed by atoms with Crippen LogP contribution in [0.1, 0.15) is 31.7 Å². The Labute approximate surface area is 119 Å². The number of hydrogen-bond acceptors (Lipinski definition) is 4. The third kappa shape index (κ3) is 4.66. The molecule has 0 unspecified atom stereocenters. The van der Waals surface area contributed by atoms with Crippen molar-refractivity contribution in [2.45, 2.75) is 26.2 Å². The number of allylic oxidation sites excluding steroid dienone is 1. The Morgan fingerprint density at radius 2 is 1.95 bits per heavy atom. The molecule has 0 saturated heterocycles. The van der Waals surface area contributed by atoms with E-state index in [-0.39, 0.29) is 5.57 Å². The topological polar surface area (TPSA) is 66.0 Å². The molecule has 0 radical (unpaired) electrons. The first kappa shape index (κ1) is 15.6. The number of rotatable bonds is 7. The van der Waals surface area contributed by atoms with Crippen LogP contribution in [0.2, 0.25) is 0 Å². The van der Waals surface area contributed by atoms with Crippen LogP contribution in [-0.4, -0.2) is 13.7 Å². The first-order chi connectivity index (χ1) is 9.74. The lowest BCUT2D eigenvalue weighted by molar-refractivity contribution is 0.286. The zero-order valence-electron chi connectivity index (χ0n) is 11.8. The predicted octanol–water partition coefficient (Wildman–Crippen LogP) is 3.69. The van der Waals surface area contributed by atoms with Crippen LogP contribution in [0.3, 0.4) is 0 Å². The van der Waals surface area contributed by atoms with E-state index < -0.39 is 0 Å². The predicted molar refractivity (Wildman–Crippen MR) is 77.2 cm³/mol. The van der Waals surface area contributed by atoms with Crippen molar-refractivity contribution in [1.82, 2.24) is 0 Å². The van der Waals surface area contributed by atoms with Gasteiger partial charge in [-0.3, -0.25) is 0 Å². The monoisotopic (exact) mass is 270 g/mol. The van der Waals surface area contributed by atoms with Gasteiger partial charge in [0.15, 0.2) is 11.5 Å². The molecule has 4 nitrogen and oxygen atoms in total. The van der Waals surface area contributed by atoms with E-state index in [9.17, 15) is 0 Å². The second-order valence-corrected chi connectivity index (χ2v) is 4.25. The summed E-state index contributed by atoms with van der Waals surface area (Å²) < 4.78 is 10.9. The zero-order chi connectivity index (χ0) is 14.8. The maximum atomic E-state index is 8.74. The quantitative estimate of drug-likeness (QED) is 0.559. The van der Waals surface area contributed by atoms with Gasteiger partial charge in [0.2, 0.25) is 0 Å². The van der Waals surface area contributed by atoms with E-state index in [1.54, 1.807) is 25.3 Å². The molecular formula is C16H18N2O2. The number of hydrogen-bond donors (Lipinski definition) is 0. The van der Waals surface area contributed by atoms with Gasteiger partial charge in [0.25, 0.3) is 0 Å². The van der Waals surface area contributed by atoms with Gasteiger partial charge in [-0.1, -0.05) is 25.8 Å². The second-order valence-electron chi connectivity index (χ2n) is 4.25. The largest absolute Gasteiger partial charge is 0.493 e. The lowest BCUT2D eigenvalue weighted by Crippen LogP contribution is -1.99. The summed E-state index contributed by atoms with van der Waals surface area (Å²) in [4.78, 5) is 0. The summed E-state index contributed by atoms with van der Waals surface area (Å²) in [5.41, 5.74) is 0.796. The van der Waals surface area contributed by atoms with Crippen molar-refractivity contribution in [2.24, 2.45) is 0 Å². The summed E-state index contributed by atoms with van der Waals surface area (Å²) in [7, 11) is 1.57. The molecular weight excluding hydrogens is 252 g/mol. The highest BCUT2D eigenvalue weighted by molar-refractivity contribution is 5.64. The number of methoxy groups -OCH3 is 1. The van der Waals surface area contributed by atoms with Crippen LogP contribution in [-0.2, 0) is 0 Å². The SMILES string of the molecule is CCCCCOc1ccc(C=C(C#N)C#N)cc1OC. The molecule has 4 heteroatoms. The van der Waals surface area contributed by atoms with Crippen LogP contribution in [0.25, 0.3) is 6.08 Å². The average Bonchev–Trinajstić information content (AvgIpc) is 2.49. The molecule has 0 atom stereocenters. The molecule has 0 fully saturated rings. The van der Waals surface area contributed by atoms with Crippen molar-refractivity contribution in [2.75, 3.05) is 13.7 Å². The van der Waals surface area contributed by atoms with E-state index >= 15 is 0 Å². The van der Waals surface area contributed by atoms with Crippen LogP contribution in [0, 0.1) is 22.7 Å². The number of nitrogens with zero attached hydrogens (tertiary/aromatic N) is 2. The van der Waals surface area contributed by atoms with E-state index in [1.807, 2.05) is 12.1 Å². The summed E-state index contributed by atoms with van der Waals surface area (Å²) >= 11 is 0. The summed E-state index contributed by atoms with van der Waals surface area (Å²) in [6.07, 6.45) is 4.81. The lowest BCUT2D eigenvalue weighted by Gasteiger charge is -2.11. The van der Waals surface area contributed by atoms with Crippen LogP contribution in [0.5, 0.6) is 11.5 Å². The molecule has 0 N–H and O–H groups in total. The van der Waals surface area contributed by atoms with Crippen molar-refractivity contribution >= 4 is 6.08 Å². The van der Waals surface area contributed by atoms with Crippen LogP contribution in [0.4, 0.5) is 0 Å². The third-order valence-electron chi connectivity index (χ3n) is 2.75. The molecule has 1 aromatic carbocycles. The molecule has 1 aromatic rings. The Morgan fingerprint density at radius 1 is 1.20 bits per heavy atom. The molecule has 0 spiro atoms. The van der Waals surface area contributed by atoms with Gasteiger partial charge in [0, 0.05) is 0 Å². The summed E-state index contributed by atoms with van der Waals surface area (Å²) in [5, 5.41) is 17.5. The molecule has 0 aliphatic carbocycles. The normalized spacial score (nSPS) is 9.20.